The van der Waals surface area contributed by atoms with Crippen LogP contribution in [0.5, 0.6) is 0 Å². The molecule has 1 aromatic heterocycles. The molecule has 0 bridgehead atoms. The Morgan fingerprint density at radius 1 is 1.26 bits per heavy atom. The number of rotatable bonds is 4. The summed E-state index contributed by atoms with van der Waals surface area (Å²) in [5, 5.41) is 0. The molecule has 3 rings (SSSR count). The SMILES string of the molecule is Cc1cn(C)c([C@H]2CCN(Cc3ccc(S(C)(=O)=O)cc3)C2)n1. The molecule has 0 spiro atoms. The molecule has 0 radical (unpaired) electrons. The van der Waals surface area contributed by atoms with Crippen LogP contribution in [0.4, 0.5) is 0 Å². The van der Waals surface area contributed by atoms with Gasteiger partial charge in [-0.1, -0.05) is 12.1 Å². The first-order valence-electron chi connectivity index (χ1n) is 7.84. The first-order chi connectivity index (χ1) is 10.8. The van der Waals surface area contributed by atoms with Gasteiger partial charge in [0, 0.05) is 38.5 Å². The summed E-state index contributed by atoms with van der Waals surface area (Å²) >= 11 is 0. The maximum atomic E-state index is 11.5. The summed E-state index contributed by atoms with van der Waals surface area (Å²) in [6.07, 6.45) is 4.43. The van der Waals surface area contributed by atoms with Gasteiger partial charge in [0.25, 0.3) is 0 Å². The number of aromatic nitrogens is 2. The van der Waals surface area contributed by atoms with Crippen LogP contribution in [0.1, 0.15) is 29.4 Å². The number of hydrogen-bond acceptors (Lipinski definition) is 4. The van der Waals surface area contributed by atoms with Crippen LogP contribution >= 0.6 is 0 Å². The maximum absolute atomic E-state index is 11.5. The van der Waals surface area contributed by atoms with Crippen molar-refractivity contribution in [2.45, 2.75) is 30.7 Å². The lowest BCUT2D eigenvalue weighted by Crippen LogP contribution is -2.20. The van der Waals surface area contributed by atoms with Gasteiger partial charge in [-0.3, -0.25) is 4.90 Å². The average molecular weight is 333 g/mol. The van der Waals surface area contributed by atoms with E-state index in [-0.39, 0.29) is 0 Å². The molecule has 0 unspecified atom stereocenters. The number of imidazole rings is 1. The van der Waals surface area contributed by atoms with Gasteiger partial charge in [0.2, 0.25) is 0 Å². The molecule has 2 heterocycles. The third kappa shape index (κ3) is 3.64. The Bertz CT molecular complexity index is 794. The summed E-state index contributed by atoms with van der Waals surface area (Å²) < 4.78 is 25.1. The molecule has 1 fully saturated rings. The normalized spacial score (nSPS) is 19.3. The van der Waals surface area contributed by atoms with Gasteiger partial charge < -0.3 is 4.57 Å². The Hall–Kier alpha value is -1.66. The summed E-state index contributed by atoms with van der Waals surface area (Å²) in [5.41, 5.74) is 2.21. The molecule has 124 valence electrons. The van der Waals surface area contributed by atoms with E-state index < -0.39 is 9.84 Å². The standard InChI is InChI=1S/C17H23N3O2S/c1-13-10-19(2)17(18-13)15-8-9-20(12-15)11-14-4-6-16(7-5-14)23(3,21)22/h4-7,10,15H,8-9,11-12H2,1-3H3/t15-/m0/s1. The van der Waals surface area contributed by atoms with Crippen molar-refractivity contribution < 1.29 is 8.42 Å². The summed E-state index contributed by atoms with van der Waals surface area (Å²) in [4.78, 5) is 7.43. The number of nitrogens with zero attached hydrogens (tertiary/aromatic N) is 3. The van der Waals surface area contributed by atoms with Gasteiger partial charge in [0.15, 0.2) is 9.84 Å². The van der Waals surface area contributed by atoms with Gasteiger partial charge in [0.1, 0.15) is 5.82 Å². The molecule has 1 atom stereocenters. The van der Waals surface area contributed by atoms with Crippen LogP contribution in [0.3, 0.4) is 0 Å². The second-order valence-corrected chi connectivity index (χ2v) is 8.50. The lowest BCUT2D eigenvalue weighted by molar-refractivity contribution is 0.325. The highest BCUT2D eigenvalue weighted by Gasteiger charge is 2.26. The number of benzene rings is 1. The predicted octanol–water partition coefficient (Wildman–Crippen LogP) is 2.12. The Labute approximate surface area is 137 Å². The highest BCUT2D eigenvalue weighted by atomic mass is 32.2. The summed E-state index contributed by atoms with van der Waals surface area (Å²) in [6.45, 7) is 4.92. The Morgan fingerprint density at radius 3 is 2.52 bits per heavy atom. The first kappa shape index (κ1) is 16.2. The van der Waals surface area contributed by atoms with Crippen molar-refractivity contribution in [1.82, 2.24) is 14.5 Å². The maximum Gasteiger partial charge on any atom is 0.175 e. The fourth-order valence-electron chi connectivity index (χ4n) is 3.30. The number of sulfone groups is 1. The van der Waals surface area contributed by atoms with Crippen molar-refractivity contribution in [3.8, 4) is 0 Å². The molecule has 0 saturated carbocycles. The van der Waals surface area contributed by atoms with E-state index in [1.54, 1.807) is 12.1 Å². The number of likely N-dealkylation sites (tertiary alicyclic amines) is 1. The minimum Gasteiger partial charge on any atom is -0.337 e. The Morgan fingerprint density at radius 2 is 1.96 bits per heavy atom. The second-order valence-electron chi connectivity index (χ2n) is 6.49. The van der Waals surface area contributed by atoms with Gasteiger partial charge in [-0.2, -0.15) is 0 Å². The van der Waals surface area contributed by atoms with Crippen LogP contribution in [0.15, 0.2) is 35.4 Å². The quantitative estimate of drug-likeness (QED) is 0.860. The van der Waals surface area contributed by atoms with Crippen molar-refractivity contribution in [3.05, 3.63) is 47.5 Å². The molecule has 2 aromatic rings. The van der Waals surface area contributed by atoms with Gasteiger partial charge >= 0.3 is 0 Å². The molecule has 6 heteroatoms. The van der Waals surface area contributed by atoms with Crippen LogP contribution < -0.4 is 0 Å². The van der Waals surface area contributed by atoms with Crippen molar-refractivity contribution in [1.29, 1.82) is 0 Å². The van der Waals surface area contributed by atoms with Gasteiger partial charge in [0.05, 0.1) is 10.6 Å². The average Bonchev–Trinajstić information content (AvgIpc) is 3.05. The fourth-order valence-corrected chi connectivity index (χ4v) is 3.93. The lowest BCUT2D eigenvalue weighted by atomic mass is 10.1. The van der Waals surface area contributed by atoms with Crippen LogP contribution in [-0.4, -0.2) is 42.2 Å². The molecule has 0 aliphatic carbocycles. The van der Waals surface area contributed by atoms with E-state index in [1.165, 1.54) is 6.26 Å². The lowest BCUT2D eigenvalue weighted by Gasteiger charge is -2.16. The Balaban J connectivity index is 1.65. The number of aryl methyl sites for hydroxylation is 2. The third-order valence-corrected chi connectivity index (χ3v) is 5.56. The van der Waals surface area contributed by atoms with E-state index in [0.29, 0.717) is 10.8 Å². The molecule has 0 amide bonds. The molecule has 1 aliphatic rings. The smallest absolute Gasteiger partial charge is 0.175 e. The molecular formula is C17H23N3O2S. The minimum absolute atomic E-state index is 0.379. The molecule has 0 N–H and O–H groups in total. The van der Waals surface area contributed by atoms with Crippen molar-refractivity contribution >= 4 is 9.84 Å². The highest BCUT2D eigenvalue weighted by Crippen LogP contribution is 2.27. The third-order valence-electron chi connectivity index (χ3n) is 4.43. The largest absolute Gasteiger partial charge is 0.337 e. The molecule has 23 heavy (non-hydrogen) atoms. The molecule has 5 nitrogen and oxygen atoms in total. The van der Waals surface area contributed by atoms with Crippen molar-refractivity contribution in [3.63, 3.8) is 0 Å². The van der Waals surface area contributed by atoms with Gasteiger partial charge in [-0.05, 0) is 37.6 Å². The number of hydrogen-bond donors (Lipinski definition) is 0. The minimum atomic E-state index is -3.12. The Kier molecular flexibility index (Phi) is 4.29. The van der Waals surface area contributed by atoms with E-state index >= 15 is 0 Å². The van der Waals surface area contributed by atoms with E-state index in [0.717, 1.165) is 43.1 Å². The van der Waals surface area contributed by atoms with Crippen LogP contribution in [0, 0.1) is 6.92 Å². The summed E-state index contributed by atoms with van der Waals surface area (Å²) in [7, 11) is -1.06. The van der Waals surface area contributed by atoms with Crippen LogP contribution in [-0.2, 0) is 23.4 Å². The van der Waals surface area contributed by atoms with Gasteiger partial charge in [-0.15, -0.1) is 0 Å². The highest BCUT2D eigenvalue weighted by molar-refractivity contribution is 7.90. The van der Waals surface area contributed by atoms with Crippen LogP contribution in [0.2, 0.25) is 0 Å². The summed E-state index contributed by atoms with van der Waals surface area (Å²) in [5.74, 6) is 1.64. The second kappa shape index (κ2) is 6.09. The zero-order chi connectivity index (χ0) is 16.6. The molecule has 1 aromatic carbocycles. The van der Waals surface area contributed by atoms with E-state index in [1.807, 2.05) is 19.1 Å². The van der Waals surface area contributed by atoms with Crippen LogP contribution in [0.25, 0.3) is 0 Å². The van der Waals surface area contributed by atoms with Gasteiger partial charge in [-0.25, -0.2) is 13.4 Å². The summed E-state index contributed by atoms with van der Waals surface area (Å²) in [6, 6.07) is 7.21. The van der Waals surface area contributed by atoms with E-state index in [2.05, 4.69) is 27.7 Å². The molecule has 1 aliphatic heterocycles. The zero-order valence-electron chi connectivity index (χ0n) is 13.9. The monoisotopic (exact) mass is 333 g/mol. The van der Waals surface area contributed by atoms with Crippen molar-refractivity contribution in [2.24, 2.45) is 7.05 Å². The molecule has 1 saturated heterocycles. The first-order valence-corrected chi connectivity index (χ1v) is 9.73. The van der Waals surface area contributed by atoms with Crippen molar-refractivity contribution in [2.75, 3.05) is 19.3 Å². The molecular weight excluding hydrogens is 310 g/mol. The zero-order valence-corrected chi connectivity index (χ0v) is 14.7. The predicted molar refractivity (Wildman–Crippen MR) is 90.1 cm³/mol. The van der Waals surface area contributed by atoms with E-state index in [4.69, 9.17) is 0 Å². The topological polar surface area (TPSA) is 55.2 Å². The van der Waals surface area contributed by atoms with E-state index in [9.17, 15) is 8.42 Å². The fraction of sp³-hybridized carbons (Fsp3) is 0.471.